The van der Waals surface area contributed by atoms with Gasteiger partial charge in [0, 0.05) is 31.8 Å². The van der Waals surface area contributed by atoms with Gasteiger partial charge in [-0.15, -0.1) is 5.10 Å². The molecular formula is C15H17N5O3. The number of non-ortho nitro benzene ring substituents is 1. The Kier molecular flexibility index (Phi) is 3.26. The number of rotatable bonds is 4. The summed E-state index contributed by atoms with van der Waals surface area (Å²) >= 11 is 0. The van der Waals surface area contributed by atoms with Crippen molar-refractivity contribution in [3.05, 3.63) is 50.7 Å². The lowest BCUT2D eigenvalue weighted by Crippen LogP contribution is -2.38. The molecule has 0 atom stereocenters. The van der Waals surface area contributed by atoms with E-state index in [2.05, 4.69) is 10.00 Å². The molecule has 23 heavy (non-hydrogen) atoms. The molecule has 8 nitrogen and oxygen atoms in total. The van der Waals surface area contributed by atoms with Gasteiger partial charge in [0.15, 0.2) is 0 Å². The number of benzene rings is 1. The molecule has 1 saturated carbocycles. The highest BCUT2D eigenvalue weighted by Crippen LogP contribution is 2.30. The van der Waals surface area contributed by atoms with Gasteiger partial charge in [0.05, 0.1) is 17.2 Å². The van der Waals surface area contributed by atoms with E-state index in [1.807, 2.05) is 0 Å². The highest BCUT2D eigenvalue weighted by molar-refractivity contribution is 5.40. The van der Waals surface area contributed by atoms with Crippen LogP contribution in [0.2, 0.25) is 0 Å². The van der Waals surface area contributed by atoms with Crippen LogP contribution in [-0.2, 0) is 13.1 Å². The predicted octanol–water partition coefficient (Wildman–Crippen LogP) is 1.17. The zero-order valence-corrected chi connectivity index (χ0v) is 12.6. The lowest BCUT2D eigenvalue weighted by molar-refractivity contribution is -0.384. The topological polar surface area (TPSA) is 86.2 Å². The smallest absolute Gasteiger partial charge is 0.294 e. The Morgan fingerprint density at radius 1 is 1.22 bits per heavy atom. The molecule has 0 saturated heterocycles. The van der Waals surface area contributed by atoms with Crippen molar-refractivity contribution in [1.82, 2.24) is 19.2 Å². The van der Waals surface area contributed by atoms with E-state index in [0.717, 1.165) is 24.8 Å². The van der Waals surface area contributed by atoms with E-state index < -0.39 is 4.92 Å². The van der Waals surface area contributed by atoms with Crippen LogP contribution in [0.25, 0.3) is 5.69 Å². The van der Waals surface area contributed by atoms with Crippen LogP contribution in [0, 0.1) is 16.0 Å². The van der Waals surface area contributed by atoms with Crippen LogP contribution < -0.4 is 5.69 Å². The molecule has 0 amide bonds. The van der Waals surface area contributed by atoms with Crippen molar-refractivity contribution in [2.24, 2.45) is 5.92 Å². The Morgan fingerprint density at radius 2 is 1.96 bits per heavy atom. The maximum atomic E-state index is 12.5. The van der Waals surface area contributed by atoms with Gasteiger partial charge in [-0.3, -0.25) is 19.6 Å². The second-order valence-corrected chi connectivity index (χ2v) is 6.21. The van der Waals surface area contributed by atoms with Crippen molar-refractivity contribution in [3.63, 3.8) is 0 Å². The Labute approximate surface area is 132 Å². The molecule has 2 heterocycles. The Morgan fingerprint density at radius 3 is 2.61 bits per heavy atom. The average Bonchev–Trinajstić information content (AvgIpc) is 3.30. The highest BCUT2D eigenvalue weighted by Gasteiger charge is 2.28. The van der Waals surface area contributed by atoms with Crippen molar-refractivity contribution in [3.8, 4) is 5.69 Å². The van der Waals surface area contributed by atoms with Crippen molar-refractivity contribution in [2.75, 3.05) is 13.1 Å². The normalized spacial score (nSPS) is 17.9. The maximum absolute atomic E-state index is 12.5. The molecule has 120 valence electrons. The molecule has 1 fully saturated rings. The monoisotopic (exact) mass is 315 g/mol. The highest BCUT2D eigenvalue weighted by atomic mass is 16.6. The summed E-state index contributed by atoms with van der Waals surface area (Å²) in [7, 11) is 0. The molecule has 2 aliphatic rings. The largest absolute Gasteiger partial charge is 0.350 e. The summed E-state index contributed by atoms with van der Waals surface area (Å²) in [5, 5.41) is 15.1. The molecule has 8 heteroatoms. The molecule has 1 aromatic heterocycles. The third-order valence-electron chi connectivity index (χ3n) is 4.46. The van der Waals surface area contributed by atoms with Crippen LogP contribution in [0.3, 0.4) is 0 Å². The molecule has 1 aliphatic heterocycles. The number of hydrogen-bond donors (Lipinski definition) is 0. The van der Waals surface area contributed by atoms with Crippen LogP contribution in [0.15, 0.2) is 29.1 Å². The zero-order chi connectivity index (χ0) is 16.0. The minimum atomic E-state index is -0.458. The first-order chi connectivity index (χ1) is 11.1. The summed E-state index contributed by atoms with van der Waals surface area (Å²) < 4.78 is 3.03. The summed E-state index contributed by atoms with van der Waals surface area (Å²) in [6, 6.07) is 5.89. The number of nitrogens with zero attached hydrogens (tertiary/aromatic N) is 5. The van der Waals surface area contributed by atoms with Crippen LogP contribution >= 0.6 is 0 Å². The first-order valence-corrected chi connectivity index (χ1v) is 7.78. The van der Waals surface area contributed by atoms with E-state index in [9.17, 15) is 14.9 Å². The number of aromatic nitrogens is 3. The summed E-state index contributed by atoms with van der Waals surface area (Å²) in [6.45, 7) is 3.29. The van der Waals surface area contributed by atoms with Gasteiger partial charge in [0.2, 0.25) is 0 Å². The minimum absolute atomic E-state index is 0.00128. The number of hydrogen-bond acceptors (Lipinski definition) is 5. The standard InChI is InChI=1S/C15H17N5O3/c21-15-18-8-7-17(9-11-1-2-11)10-14(18)16-19(15)12-3-5-13(6-4-12)20(22)23/h3-6,11H,1-2,7-10H2. The van der Waals surface area contributed by atoms with Gasteiger partial charge < -0.3 is 0 Å². The lowest BCUT2D eigenvalue weighted by atomic mass is 10.3. The molecular weight excluding hydrogens is 298 g/mol. The van der Waals surface area contributed by atoms with E-state index in [0.29, 0.717) is 18.8 Å². The molecule has 0 spiro atoms. The third kappa shape index (κ3) is 2.65. The van der Waals surface area contributed by atoms with Gasteiger partial charge in [-0.1, -0.05) is 0 Å². The van der Waals surface area contributed by atoms with E-state index in [4.69, 9.17) is 0 Å². The van der Waals surface area contributed by atoms with Crippen molar-refractivity contribution in [2.45, 2.75) is 25.9 Å². The second kappa shape index (κ2) is 5.31. The minimum Gasteiger partial charge on any atom is -0.294 e. The fourth-order valence-corrected chi connectivity index (χ4v) is 3.00. The first kappa shape index (κ1) is 14.1. The predicted molar refractivity (Wildman–Crippen MR) is 82.5 cm³/mol. The fourth-order valence-electron chi connectivity index (χ4n) is 3.00. The Hall–Kier alpha value is -2.48. The molecule has 0 bridgehead atoms. The summed E-state index contributed by atoms with van der Waals surface area (Å²) in [5.41, 5.74) is 0.373. The molecule has 2 aromatic rings. The fraction of sp³-hybridized carbons (Fsp3) is 0.467. The number of nitro groups is 1. The molecule has 1 aliphatic carbocycles. The number of nitro benzene ring substituents is 1. The van der Waals surface area contributed by atoms with E-state index >= 15 is 0 Å². The number of fused-ring (bicyclic) bond motifs is 1. The van der Waals surface area contributed by atoms with Crippen LogP contribution in [0.5, 0.6) is 0 Å². The molecule has 4 rings (SSSR count). The molecule has 0 N–H and O–H groups in total. The van der Waals surface area contributed by atoms with Gasteiger partial charge in [-0.05, 0) is 30.9 Å². The SMILES string of the molecule is O=c1n(-c2ccc([N+](=O)[O-])cc2)nc2n1CCN(CC1CC1)C2. The van der Waals surface area contributed by atoms with Crippen LogP contribution in [0.1, 0.15) is 18.7 Å². The van der Waals surface area contributed by atoms with E-state index in [1.54, 1.807) is 16.7 Å². The van der Waals surface area contributed by atoms with Crippen LogP contribution in [0.4, 0.5) is 5.69 Å². The Bertz CT molecular complexity index is 804. The van der Waals surface area contributed by atoms with Gasteiger partial charge in [-0.2, -0.15) is 4.68 Å². The summed E-state index contributed by atoms with van der Waals surface area (Å²) in [4.78, 5) is 25.1. The third-order valence-corrected chi connectivity index (χ3v) is 4.46. The van der Waals surface area contributed by atoms with Gasteiger partial charge in [-0.25, -0.2) is 4.79 Å². The Balaban J connectivity index is 1.62. The van der Waals surface area contributed by atoms with Crippen molar-refractivity contribution < 1.29 is 4.92 Å². The average molecular weight is 315 g/mol. The summed E-state index contributed by atoms with van der Waals surface area (Å²) in [6.07, 6.45) is 2.61. The van der Waals surface area contributed by atoms with Gasteiger partial charge >= 0.3 is 5.69 Å². The first-order valence-electron chi connectivity index (χ1n) is 7.78. The van der Waals surface area contributed by atoms with Crippen molar-refractivity contribution in [1.29, 1.82) is 0 Å². The molecule has 0 radical (unpaired) electrons. The second-order valence-electron chi connectivity index (χ2n) is 6.21. The molecule has 1 aromatic carbocycles. The van der Waals surface area contributed by atoms with Gasteiger partial charge in [0.25, 0.3) is 5.69 Å². The van der Waals surface area contributed by atoms with E-state index in [-0.39, 0.29) is 11.4 Å². The lowest BCUT2D eigenvalue weighted by Gasteiger charge is -2.26. The molecule has 0 unspecified atom stereocenters. The zero-order valence-electron chi connectivity index (χ0n) is 12.6. The van der Waals surface area contributed by atoms with E-state index in [1.165, 1.54) is 29.7 Å². The van der Waals surface area contributed by atoms with Crippen LogP contribution in [-0.4, -0.2) is 37.3 Å². The van der Waals surface area contributed by atoms with Gasteiger partial charge in [0.1, 0.15) is 5.82 Å². The maximum Gasteiger partial charge on any atom is 0.350 e. The summed E-state index contributed by atoms with van der Waals surface area (Å²) in [5.74, 6) is 1.57. The quantitative estimate of drug-likeness (QED) is 0.624. The van der Waals surface area contributed by atoms with Crippen molar-refractivity contribution >= 4 is 5.69 Å².